The molecular weight excluding hydrogens is 326 g/mol. The largest absolute Gasteiger partial charge is 0.384 e. The molecule has 2 aromatic heterocycles. The summed E-state index contributed by atoms with van der Waals surface area (Å²) in [5, 5.41) is 0. The fourth-order valence-electron chi connectivity index (χ4n) is 3.69. The van der Waals surface area contributed by atoms with Gasteiger partial charge in [0.1, 0.15) is 5.82 Å². The molecule has 132 valence electrons. The van der Waals surface area contributed by atoms with Crippen molar-refractivity contribution in [2.24, 2.45) is 0 Å². The van der Waals surface area contributed by atoms with Gasteiger partial charge in [-0.3, -0.25) is 14.8 Å². The van der Waals surface area contributed by atoms with E-state index in [1.807, 2.05) is 35.4 Å². The second kappa shape index (κ2) is 6.71. The Bertz CT molecular complexity index is 963. The predicted molar refractivity (Wildman–Crippen MR) is 101 cm³/mol. The van der Waals surface area contributed by atoms with Crippen LogP contribution in [0.25, 0.3) is 11.0 Å². The van der Waals surface area contributed by atoms with E-state index in [1.165, 1.54) is 11.1 Å². The van der Waals surface area contributed by atoms with Crippen LogP contribution in [0.2, 0.25) is 0 Å². The second-order valence-corrected chi connectivity index (χ2v) is 6.79. The van der Waals surface area contributed by atoms with Gasteiger partial charge in [-0.1, -0.05) is 0 Å². The average Bonchev–Trinajstić information content (AvgIpc) is 2.67. The molecule has 0 aliphatic carbocycles. The number of pyridine rings is 1. The number of carbonyl (C=O) groups excluding carboxylic acids is 1. The van der Waals surface area contributed by atoms with Crippen molar-refractivity contribution in [1.82, 2.24) is 19.9 Å². The molecule has 0 unspecified atom stereocenters. The average molecular weight is 347 g/mol. The van der Waals surface area contributed by atoms with E-state index in [-0.39, 0.29) is 5.91 Å². The molecular formula is C20H21N5O. The van der Waals surface area contributed by atoms with Gasteiger partial charge in [-0.05, 0) is 61.1 Å². The third-order valence-electron chi connectivity index (χ3n) is 5.11. The van der Waals surface area contributed by atoms with E-state index in [2.05, 4.69) is 21.9 Å². The van der Waals surface area contributed by atoms with Crippen LogP contribution in [0.5, 0.6) is 0 Å². The number of aromatic nitrogens is 3. The van der Waals surface area contributed by atoms with Crippen LogP contribution in [-0.4, -0.2) is 38.8 Å². The minimum absolute atomic E-state index is 0.0585. The third kappa shape index (κ3) is 3.10. The zero-order valence-electron chi connectivity index (χ0n) is 14.7. The van der Waals surface area contributed by atoms with E-state index in [0.29, 0.717) is 17.3 Å². The van der Waals surface area contributed by atoms with Crippen LogP contribution in [0.15, 0.2) is 42.9 Å². The molecule has 1 saturated heterocycles. The highest BCUT2D eigenvalue weighted by Crippen LogP contribution is 2.31. The van der Waals surface area contributed by atoms with Crippen molar-refractivity contribution in [2.75, 3.05) is 18.8 Å². The first-order valence-electron chi connectivity index (χ1n) is 8.84. The lowest BCUT2D eigenvalue weighted by atomic mass is 9.88. The quantitative estimate of drug-likeness (QED) is 0.770. The van der Waals surface area contributed by atoms with Crippen molar-refractivity contribution < 1.29 is 4.79 Å². The zero-order valence-corrected chi connectivity index (χ0v) is 14.7. The monoisotopic (exact) mass is 347 g/mol. The number of hydrogen-bond acceptors (Lipinski definition) is 5. The molecule has 0 bridgehead atoms. The van der Waals surface area contributed by atoms with Crippen molar-refractivity contribution >= 4 is 22.8 Å². The lowest BCUT2D eigenvalue weighted by Gasteiger charge is -2.32. The van der Waals surface area contributed by atoms with E-state index in [4.69, 9.17) is 5.73 Å². The number of carbonyl (C=O) groups is 1. The maximum atomic E-state index is 12.8. The summed E-state index contributed by atoms with van der Waals surface area (Å²) in [6.45, 7) is 3.55. The normalized spacial score (nSPS) is 15.3. The first kappa shape index (κ1) is 16.4. The van der Waals surface area contributed by atoms with Gasteiger partial charge in [0.05, 0.1) is 11.0 Å². The molecule has 6 heteroatoms. The molecule has 0 saturated carbocycles. The SMILES string of the molecule is Cc1cc(N)ncc1C1CCN(C(=O)c2ccc3nccnc3c2)CC1. The molecule has 0 spiro atoms. The Balaban J connectivity index is 1.47. The molecule has 1 aliphatic heterocycles. The Morgan fingerprint density at radius 3 is 2.54 bits per heavy atom. The third-order valence-corrected chi connectivity index (χ3v) is 5.11. The fourth-order valence-corrected chi connectivity index (χ4v) is 3.69. The molecule has 1 amide bonds. The molecule has 3 heterocycles. The van der Waals surface area contributed by atoms with Crippen LogP contribution in [0.3, 0.4) is 0 Å². The number of benzene rings is 1. The maximum absolute atomic E-state index is 12.8. The van der Waals surface area contributed by atoms with Gasteiger partial charge in [0, 0.05) is 37.2 Å². The summed E-state index contributed by atoms with van der Waals surface area (Å²) in [5.41, 5.74) is 10.4. The zero-order chi connectivity index (χ0) is 18.1. The van der Waals surface area contributed by atoms with Crippen molar-refractivity contribution in [2.45, 2.75) is 25.7 Å². The lowest BCUT2D eigenvalue weighted by molar-refractivity contribution is 0.0713. The Morgan fingerprint density at radius 2 is 1.81 bits per heavy atom. The molecule has 4 rings (SSSR count). The second-order valence-electron chi connectivity index (χ2n) is 6.79. The summed E-state index contributed by atoms with van der Waals surface area (Å²) in [4.78, 5) is 27.5. The highest BCUT2D eigenvalue weighted by molar-refractivity contribution is 5.97. The predicted octanol–water partition coefficient (Wildman–Crippen LogP) is 2.94. The topological polar surface area (TPSA) is 85.0 Å². The Labute approximate surface area is 152 Å². The van der Waals surface area contributed by atoms with Gasteiger partial charge in [0.25, 0.3) is 5.91 Å². The van der Waals surface area contributed by atoms with E-state index in [9.17, 15) is 4.79 Å². The summed E-state index contributed by atoms with van der Waals surface area (Å²) in [6.07, 6.45) is 7.06. The van der Waals surface area contributed by atoms with E-state index < -0.39 is 0 Å². The number of likely N-dealkylation sites (tertiary alicyclic amines) is 1. The van der Waals surface area contributed by atoms with Gasteiger partial charge in [-0.15, -0.1) is 0 Å². The summed E-state index contributed by atoms with van der Waals surface area (Å²) >= 11 is 0. The van der Waals surface area contributed by atoms with Crippen LogP contribution in [-0.2, 0) is 0 Å². The minimum Gasteiger partial charge on any atom is -0.384 e. The molecule has 1 fully saturated rings. The highest BCUT2D eigenvalue weighted by Gasteiger charge is 2.25. The number of amides is 1. The first-order valence-corrected chi connectivity index (χ1v) is 8.84. The molecule has 26 heavy (non-hydrogen) atoms. The Hall–Kier alpha value is -3.02. The summed E-state index contributed by atoms with van der Waals surface area (Å²) in [6, 6.07) is 7.43. The van der Waals surface area contributed by atoms with Crippen LogP contribution < -0.4 is 5.73 Å². The summed E-state index contributed by atoms with van der Waals surface area (Å²) < 4.78 is 0. The van der Waals surface area contributed by atoms with Gasteiger partial charge in [-0.25, -0.2) is 4.98 Å². The molecule has 0 atom stereocenters. The van der Waals surface area contributed by atoms with Crippen LogP contribution in [0.4, 0.5) is 5.82 Å². The van der Waals surface area contributed by atoms with Crippen molar-refractivity contribution in [3.63, 3.8) is 0 Å². The molecule has 3 aromatic rings. The number of nitrogen functional groups attached to an aromatic ring is 1. The van der Waals surface area contributed by atoms with E-state index in [1.54, 1.807) is 12.4 Å². The summed E-state index contributed by atoms with van der Waals surface area (Å²) in [7, 11) is 0. The van der Waals surface area contributed by atoms with Crippen LogP contribution in [0.1, 0.15) is 40.2 Å². The van der Waals surface area contributed by atoms with Crippen LogP contribution in [0, 0.1) is 6.92 Å². The molecule has 6 nitrogen and oxygen atoms in total. The number of hydrogen-bond donors (Lipinski definition) is 1. The Kier molecular flexibility index (Phi) is 4.24. The van der Waals surface area contributed by atoms with Crippen molar-refractivity contribution in [3.05, 3.63) is 59.5 Å². The number of nitrogens with two attached hydrogens (primary N) is 1. The minimum atomic E-state index is 0.0585. The van der Waals surface area contributed by atoms with Gasteiger partial charge in [0.15, 0.2) is 0 Å². The number of piperidine rings is 1. The number of rotatable bonds is 2. The van der Waals surface area contributed by atoms with E-state index in [0.717, 1.165) is 37.0 Å². The van der Waals surface area contributed by atoms with Crippen LogP contribution >= 0.6 is 0 Å². The first-order chi connectivity index (χ1) is 12.6. The molecule has 2 N–H and O–H groups in total. The number of anilines is 1. The number of fused-ring (bicyclic) bond motifs is 1. The van der Waals surface area contributed by atoms with Crippen molar-refractivity contribution in [3.8, 4) is 0 Å². The smallest absolute Gasteiger partial charge is 0.253 e. The van der Waals surface area contributed by atoms with Gasteiger partial charge >= 0.3 is 0 Å². The fraction of sp³-hybridized carbons (Fsp3) is 0.300. The molecule has 0 radical (unpaired) electrons. The van der Waals surface area contributed by atoms with Crippen molar-refractivity contribution in [1.29, 1.82) is 0 Å². The maximum Gasteiger partial charge on any atom is 0.253 e. The number of nitrogens with zero attached hydrogens (tertiary/aromatic N) is 4. The standard InChI is InChI=1S/C20H21N5O/c1-13-10-19(21)24-12-16(13)14-4-8-25(9-5-14)20(26)15-2-3-17-18(11-15)23-7-6-22-17/h2-3,6-7,10-12,14H,4-5,8-9H2,1H3,(H2,21,24). The van der Waals surface area contributed by atoms with Gasteiger partial charge in [-0.2, -0.15) is 0 Å². The Morgan fingerprint density at radius 1 is 1.08 bits per heavy atom. The lowest BCUT2D eigenvalue weighted by Crippen LogP contribution is -2.38. The van der Waals surface area contributed by atoms with Gasteiger partial charge < -0.3 is 10.6 Å². The number of aryl methyl sites for hydroxylation is 1. The summed E-state index contributed by atoms with van der Waals surface area (Å²) in [5.74, 6) is 1.04. The highest BCUT2D eigenvalue weighted by atomic mass is 16.2. The van der Waals surface area contributed by atoms with Gasteiger partial charge in [0.2, 0.25) is 0 Å². The van der Waals surface area contributed by atoms with E-state index >= 15 is 0 Å². The molecule has 1 aromatic carbocycles. The molecule has 1 aliphatic rings.